The van der Waals surface area contributed by atoms with E-state index in [0.717, 1.165) is 23.8 Å². The van der Waals surface area contributed by atoms with Gasteiger partial charge in [-0.05, 0) is 56.2 Å². The summed E-state index contributed by atoms with van der Waals surface area (Å²) in [6, 6.07) is 12.2. The molecule has 0 aliphatic carbocycles. The highest BCUT2D eigenvalue weighted by Crippen LogP contribution is 2.17. The van der Waals surface area contributed by atoms with E-state index in [1.165, 1.54) is 11.1 Å². The second-order valence-electron chi connectivity index (χ2n) is 4.66. The Morgan fingerprint density at radius 2 is 1.84 bits per heavy atom. The van der Waals surface area contributed by atoms with Crippen molar-refractivity contribution in [3.8, 4) is 5.75 Å². The van der Waals surface area contributed by atoms with Gasteiger partial charge in [-0.3, -0.25) is 0 Å². The lowest BCUT2D eigenvalue weighted by atomic mass is 10.1. The molecule has 0 saturated carbocycles. The highest BCUT2D eigenvalue weighted by atomic mass is 16.5. The van der Waals surface area contributed by atoms with Gasteiger partial charge in [-0.2, -0.15) is 0 Å². The largest absolute Gasteiger partial charge is 0.487 e. The lowest BCUT2D eigenvalue weighted by molar-refractivity contribution is 0.301. The standard InChI is InChI=1S/C16H20N2O/c1-4-17-16-7-5-6-14(18-16)11-19-15-9-12(2)8-13(3)10-15/h5-10H,4,11H2,1-3H3,(H,17,18). The van der Waals surface area contributed by atoms with E-state index >= 15 is 0 Å². The SMILES string of the molecule is CCNc1cccc(COc2cc(C)cc(C)c2)n1. The molecule has 0 saturated heterocycles. The molecule has 0 atom stereocenters. The molecule has 0 aliphatic rings. The summed E-state index contributed by atoms with van der Waals surface area (Å²) >= 11 is 0. The van der Waals surface area contributed by atoms with E-state index in [1.54, 1.807) is 0 Å². The third kappa shape index (κ3) is 3.98. The third-order valence-corrected chi connectivity index (χ3v) is 2.75. The van der Waals surface area contributed by atoms with Crippen molar-refractivity contribution in [1.82, 2.24) is 4.98 Å². The van der Waals surface area contributed by atoms with Gasteiger partial charge in [-0.25, -0.2) is 4.98 Å². The van der Waals surface area contributed by atoms with Crippen LogP contribution in [0, 0.1) is 13.8 Å². The molecule has 19 heavy (non-hydrogen) atoms. The summed E-state index contributed by atoms with van der Waals surface area (Å²) in [7, 11) is 0. The Morgan fingerprint density at radius 1 is 1.11 bits per heavy atom. The van der Waals surface area contributed by atoms with Crippen LogP contribution >= 0.6 is 0 Å². The van der Waals surface area contributed by atoms with Crippen molar-refractivity contribution in [2.45, 2.75) is 27.4 Å². The third-order valence-electron chi connectivity index (χ3n) is 2.75. The van der Waals surface area contributed by atoms with Crippen molar-refractivity contribution in [3.63, 3.8) is 0 Å². The first-order valence-corrected chi connectivity index (χ1v) is 6.58. The van der Waals surface area contributed by atoms with E-state index in [4.69, 9.17) is 4.74 Å². The van der Waals surface area contributed by atoms with E-state index in [0.29, 0.717) is 6.61 Å². The minimum Gasteiger partial charge on any atom is -0.487 e. The maximum absolute atomic E-state index is 5.80. The average Bonchev–Trinajstić information content (AvgIpc) is 2.36. The summed E-state index contributed by atoms with van der Waals surface area (Å²) in [4.78, 5) is 4.49. The lowest BCUT2D eigenvalue weighted by Gasteiger charge is -2.09. The van der Waals surface area contributed by atoms with Crippen LogP contribution in [0.15, 0.2) is 36.4 Å². The Kier molecular flexibility index (Phi) is 4.39. The summed E-state index contributed by atoms with van der Waals surface area (Å²) < 4.78 is 5.80. The molecule has 3 nitrogen and oxygen atoms in total. The molecule has 1 aromatic carbocycles. The van der Waals surface area contributed by atoms with Gasteiger partial charge in [0.1, 0.15) is 18.2 Å². The number of hydrogen-bond donors (Lipinski definition) is 1. The van der Waals surface area contributed by atoms with E-state index in [-0.39, 0.29) is 0 Å². The summed E-state index contributed by atoms with van der Waals surface area (Å²) in [6.45, 7) is 7.56. The van der Waals surface area contributed by atoms with Gasteiger partial charge in [-0.1, -0.05) is 12.1 Å². The molecule has 0 aliphatic heterocycles. The molecule has 100 valence electrons. The normalized spacial score (nSPS) is 10.3. The fourth-order valence-electron chi connectivity index (χ4n) is 2.01. The quantitative estimate of drug-likeness (QED) is 0.885. The fraction of sp³-hybridized carbons (Fsp3) is 0.312. The predicted molar refractivity (Wildman–Crippen MR) is 78.6 cm³/mol. The maximum atomic E-state index is 5.80. The van der Waals surface area contributed by atoms with Crippen LogP contribution in [0.5, 0.6) is 5.75 Å². The first-order valence-electron chi connectivity index (χ1n) is 6.58. The van der Waals surface area contributed by atoms with Crippen molar-refractivity contribution >= 4 is 5.82 Å². The topological polar surface area (TPSA) is 34.1 Å². The molecule has 3 heteroatoms. The summed E-state index contributed by atoms with van der Waals surface area (Å²) in [5.41, 5.74) is 3.35. The van der Waals surface area contributed by atoms with Gasteiger partial charge in [0.15, 0.2) is 0 Å². The molecule has 0 bridgehead atoms. The summed E-state index contributed by atoms with van der Waals surface area (Å²) in [5, 5.41) is 3.20. The minimum atomic E-state index is 0.488. The first-order chi connectivity index (χ1) is 9.17. The number of nitrogens with one attached hydrogen (secondary N) is 1. The van der Waals surface area contributed by atoms with Gasteiger partial charge in [0.25, 0.3) is 0 Å². The number of pyridine rings is 1. The number of ether oxygens (including phenoxy) is 1. The number of aryl methyl sites for hydroxylation is 2. The summed E-state index contributed by atoms with van der Waals surface area (Å²) in [5.74, 6) is 1.79. The first kappa shape index (κ1) is 13.4. The Morgan fingerprint density at radius 3 is 2.53 bits per heavy atom. The van der Waals surface area contributed by atoms with E-state index in [9.17, 15) is 0 Å². The molecule has 2 aromatic rings. The number of anilines is 1. The van der Waals surface area contributed by atoms with E-state index < -0.39 is 0 Å². The van der Waals surface area contributed by atoms with Crippen molar-refractivity contribution in [1.29, 1.82) is 0 Å². The Labute approximate surface area is 114 Å². The van der Waals surface area contributed by atoms with Crippen molar-refractivity contribution in [3.05, 3.63) is 53.2 Å². The second kappa shape index (κ2) is 6.23. The zero-order valence-electron chi connectivity index (χ0n) is 11.7. The van der Waals surface area contributed by atoms with Crippen LogP contribution in [-0.4, -0.2) is 11.5 Å². The molecule has 0 amide bonds. The van der Waals surface area contributed by atoms with Crippen LogP contribution in [0.2, 0.25) is 0 Å². The van der Waals surface area contributed by atoms with E-state index in [1.807, 2.05) is 30.3 Å². The van der Waals surface area contributed by atoms with Crippen LogP contribution in [0.25, 0.3) is 0 Å². The van der Waals surface area contributed by atoms with Crippen molar-refractivity contribution in [2.75, 3.05) is 11.9 Å². The highest BCUT2D eigenvalue weighted by Gasteiger charge is 2.00. The number of rotatable bonds is 5. The molecule has 1 heterocycles. The van der Waals surface area contributed by atoms with E-state index in [2.05, 4.69) is 37.1 Å². The van der Waals surface area contributed by atoms with Crippen LogP contribution in [0.3, 0.4) is 0 Å². The second-order valence-corrected chi connectivity index (χ2v) is 4.66. The lowest BCUT2D eigenvalue weighted by Crippen LogP contribution is -2.03. The predicted octanol–water partition coefficient (Wildman–Crippen LogP) is 3.71. The average molecular weight is 256 g/mol. The monoisotopic (exact) mass is 256 g/mol. The molecule has 0 spiro atoms. The molecule has 0 unspecified atom stereocenters. The Balaban J connectivity index is 2.03. The van der Waals surface area contributed by atoms with Crippen molar-refractivity contribution < 1.29 is 4.74 Å². The van der Waals surface area contributed by atoms with Gasteiger partial charge in [0.05, 0.1) is 5.69 Å². The number of hydrogen-bond acceptors (Lipinski definition) is 3. The molecular weight excluding hydrogens is 236 g/mol. The minimum absolute atomic E-state index is 0.488. The zero-order chi connectivity index (χ0) is 13.7. The number of benzene rings is 1. The molecule has 2 rings (SSSR count). The van der Waals surface area contributed by atoms with Crippen LogP contribution in [-0.2, 0) is 6.61 Å². The molecule has 0 fully saturated rings. The Bertz CT molecular complexity index is 532. The van der Waals surface area contributed by atoms with Gasteiger partial charge in [-0.15, -0.1) is 0 Å². The van der Waals surface area contributed by atoms with Gasteiger partial charge in [0, 0.05) is 6.54 Å². The molecular formula is C16H20N2O. The molecule has 0 radical (unpaired) electrons. The Hall–Kier alpha value is -2.03. The van der Waals surface area contributed by atoms with Crippen LogP contribution < -0.4 is 10.1 Å². The van der Waals surface area contributed by atoms with Crippen LogP contribution in [0.1, 0.15) is 23.7 Å². The van der Waals surface area contributed by atoms with Gasteiger partial charge < -0.3 is 10.1 Å². The maximum Gasteiger partial charge on any atom is 0.130 e. The summed E-state index contributed by atoms with van der Waals surface area (Å²) in [6.07, 6.45) is 0. The highest BCUT2D eigenvalue weighted by molar-refractivity contribution is 5.35. The van der Waals surface area contributed by atoms with Gasteiger partial charge in [0.2, 0.25) is 0 Å². The molecule has 1 N–H and O–H groups in total. The smallest absolute Gasteiger partial charge is 0.130 e. The zero-order valence-corrected chi connectivity index (χ0v) is 11.7. The molecule has 1 aromatic heterocycles. The van der Waals surface area contributed by atoms with Crippen LogP contribution in [0.4, 0.5) is 5.82 Å². The fourth-order valence-corrected chi connectivity index (χ4v) is 2.01. The number of aromatic nitrogens is 1. The van der Waals surface area contributed by atoms with Gasteiger partial charge >= 0.3 is 0 Å². The number of nitrogens with zero attached hydrogens (tertiary/aromatic N) is 1. The van der Waals surface area contributed by atoms with Crippen molar-refractivity contribution in [2.24, 2.45) is 0 Å².